The molecule has 0 radical (unpaired) electrons. The standard InChI is InChI=1S/C25H33N5O6S/c1-6-8-35-24(33)20-21(14(4)19-18(15(5)31)23(32)30(19)20)37-16-10-17(13(3)22-26-12-27-28-22)29(11-16)25(34)36-9-7-2/h6-7,12-19,31H,1-2,8-11H2,3-5H3,(H,26,27,28)/t13?,14-,15-,16+,17-,18-,19-/m1/s1. The maximum absolute atomic E-state index is 13.1. The predicted octanol–water partition coefficient (Wildman–Crippen LogP) is 2.21. The van der Waals surface area contributed by atoms with Crippen molar-refractivity contribution in [3.05, 3.63) is 48.1 Å². The summed E-state index contributed by atoms with van der Waals surface area (Å²) >= 11 is 1.48. The van der Waals surface area contributed by atoms with E-state index in [1.165, 1.54) is 35.1 Å². The number of likely N-dealkylation sites (tertiary alicyclic amines) is 1. The van der Waals surface area contributed by atoms with Crippen LogP contribution in [0, 0.1) is 11.8 Å². The lowest BCUT2D eigenvalue weighted by molar-refractivity contribution is -0.164. The highest BCUT2D eigenvalue weighted by Crippen LogP contribution is 2.52. The maximum atomic E-state index is 13.1. The van der Waals surface area contributed by atoms with Gasteiger partial charge in [0.15, 0.2) is 0 Å². The van der Waals surface area contributed by atoms with Crippen LogP contribution in [-0.2, 0) is 19.1 Å². The number of β-lactam (4-membered cyclic amide) rings is 1. The second kappa shape index (κ2) is 11.1. The van der Waals surface area contributed by atoms with Gasteiger partial charge in [-0.25, -0.2) is 14.6 Å². The number of H-pyrrole nitrogens is 1. The lowest BCUT2D eigenvalue weighted by Gasteiger charge is -2.46. The number of amides is 2. The molecule has 37 heavy (non-hydrogen) atoms. The molecule has 1 aromatic rings. The molecule has 7 atom stereocenters. The Hall–Kier alpha value is -3.12. The third-order valence-electron chi connectivity index (χ3n) is 7.23. The normalized spacial score (nSPS) is 28.4. The van der Waals surface area contributed by atoms with Crippen molar-refractivity contribution in [2.45, 2.75) is 56.5 Å². The van der Waals surface area contributed by atoms with Crippen LogP contribution in [0.15, 0.2) is 42.2 Å². The first kappa shape index (κ1) is 26.9. The Labute approximate surface area is 220 Å². The van der Waals surface area contributed by atoms with Gasteiger partial charge in [-0.2, -0.15) is 5.10 Å². The smallest absolute Gasteiger partial charge is 0.410 e. The van der Waals surface area contributed by atoms with Crippen LogP contribution in [0.25, 0.3) is 0 Å². The number of thioether (sulfide) groups is 1. The number of carbonyl (C=O) groups is 3. The molecule has 4 rings (SSSR count). The second-order valence-corrected chi connectivity index (χ2v) is 10.9. The van der Waals surface area contributed by atoms with Gasteiger partial charge in [-0.15, -0.1) is 11.8 Å². The zero-order valence-corrected chi connectivity index (χ0v) is 22.0. The summed E-state index contributed by atoms with van der Waals surface area (Å²) < 4.78 is 10.7. The number of nitrogens with one attached hydrogen (secondary N) is 1. The monoisotopic (exact) mass is 531 g/mol. The Morgan fingerprint density at radius 3 is 2.62 bits per heavy atom. The van der Waals surface area contributed by atoms with E-state index in [9.17, 15) is 19.5 Å². The number of hydrogen-bond donors (Lipinski definition) is 2. The van der Waals surface area contributed by atoms with Crippen molar-refractivity contribution in [2.75, 3.05) is 19.8 Å². The zero-order chi connectivity index (χ0) is 26.9. The Kier molecular flexibility index (Phi) is 8.08. The molecular weight excluding hydrogens is 498 g/mol. The first-order valence-corrected chi connectivity index (χ1v) is 13.2. The molecule has 0 spiro atoms. The number of aromatic nitrogens is 3. The Balaban J connectivity index is 1.61. The van der Waals surface area contributed by atoms with Crippen LogP contribution in [0.5, 0.6) is 0 Å². The summed E-state index contributed by atoms with van der Waals surface area (Å²) in [5, 5.41) is 17.0. The predicted molar refractivity (Wildman–Crippen MR) is 136 cm³/mol. The maximum Gasteiger partial charge on any atom is 0.410 e. The number of carbonyl (C=O) groups excluding carboxylic acids is 3. The third-order valence-corrected chi connectivity index (χ3v) is 8.73. The fourth-order valence-electron chi connectivity index (χ4n) is 5.48. The van der Waals surface area contributed by atoms with Gasteiger partial charge < -0.3 is 24.4 Å². The number of aliphatic hydroxyl groups is 1. The molecule has 200 valence electrons. The largest absolute Gasteiger partial charge is 0.457 e. The highest BCUT2D eigenvalue weighted by molar-refractivity contribution is 8.03. The number of ether oxygens (including phenoxy) is 2. The van der Waals surface area contributed by atoms with Gasteiger partial charge in [0, 0.05) is 34.6 Å². The van der Waals surface area contributed by atoms with Crippen molar-refractivity contribution in [3.63, 3.8) is 0 Å². The minimum absolute atomic E-state index is 0.0182. The van der Waals surface area contributed by atoms with Crippen molar-refractivity contribution >= 4 is 29.7 Å². The number of nitrogens with zero attached hydrogens (tertiary/aromatic N) is 4. The molecule has 2 fully saturated rings. The number of aliphatic hydroxyl groups excluding tert-OH is 1. The van der Waals surface area contributed by atoms with Crippen LogP contribution in [0.4, 0.5) is 4.79 Å². The van der Waals surface area contributed by atoms with Gasteiger partial charge in [0.2, 0.25) is 5.91 Å². The summed E-state index contributed by atoms with van der Waals surface area (Å²) in [6.45, 7) is 13.2. The molecule has 2 amide bonds. The summed E-state index contributed by atoms with van der Waals surface area (Å²) in [4.78, 5) is 47.0. The van der Waals surface area contributed by atoms with Crippen LogP contribution in [0.3, 0.4) is 0 Å². The van der Waals surface area contributed by atoms with Crippen LogP contribution < -0.4 is 0 Å². The molecule has 0 aromatic carbocycles. The van der Waals surface area contributed by atoms with Gasteiger partial charge in [0.05, 0.1) is 18.1 Å². The van der Waals surface area contributed by atoms with Crippen LogP contribution in [-0.4, -0.2) is 91.3 Å². The van der Waals surface area contributed by atoms with Crippen molar-refractivity contribution < 1.29 is 29.0 Å². The number of hydrogen-bond acceptors (Lipinski definition) is 9. The summed E-state index contributed by atoms with van der Waals surface area (Å²) in [5.74, 6) is -1.12. The van der Waals surface area contributed by atoms with Crippen molar-refractivity contribution in [2.24, 2.45) is 11.8 Å². The van der Waals surface area contributed by atoms with Crippen LogP contribution in [0.2, 0.25) is 0 Å². The molecule has 0 saturated carbocycles. The van der Waals surface area contributed by atoms with Crippen LogP contribution >= 0.6 is 11.8 Å². The van der Waals surface area contributed by atoms with E-state index in [1.54, 1.807) is 11.8 Å². The molecule has 12 heteroatoms. The summed E-state index contributed by atoms with van der Waals surface area (Å²) in [6, 6.07) is -0.541. The van der Waals surface area contributed by atoms with E-state index < -0.39 is 24.1 Å². The molecular formula is C25H33N5O6S. The second-order valence-electron chi connectivity index (χ2n) is 9.57. The average molecular weight is 532 g/mol. The van der Waals surface area contributed by atoms with E-state index in [0.717, 1.165) is 4.91 Å². The molecule has 3 aliphatic rings. The fourth-order valence-corrected chi connectivity index (χ4v) is 7.01. The molecule has 2 N–H and O–H groups in total. The van der Waals surface area contributed by atoms with Gasteiger partial charge in [-0.05, 0) is 13.3 Å². The lowest BCUT2D eigenvalue weighted by atomic mass is 9.79. The molecule has 1 unspecified atom stereocenters. The Bertz CT molecular complexity index is 1090. The number of rotatable bonds is 10. The van der Waals surface area contributed by atoms with E-state index in [2.05, 4.69) is 28.3 Å². The molecule has 0 bridgehead atoms. The topological polar surface area (TPSA) is 138 Å². The van der Waals surface area contributed by atoms with Crippen molar-refractivity contribution in [1.29, 1.82) is 0 Å². The SMILES string of the molecule is C=CCOC(=O)C1=C(S[C@H]2C[C@H](C(C)c3ncn[nH]3)N(C(=O)OCC=C)C2)[C@H](C)[C@@H]2[C@@H]([C@@H](C)O)C(=O)N12. The fraction of sp³-hybridized carbons (Fsp3) is 0.560. The number of fused-ring (bicyclic) bond motifs is 1. The lowest BCUT2D eigenvalue weighted by Crippen LogP contribution is -2.63. The third kappa shape index (κ3) is 4.91. The van der Waals surface area contributed by atoms with Gasteiger partial charge in [-0.1, -0.05) is 39.2 Å². The molecule has 11 nitrogen and oxygen atoms in total. The van der Waals surface area contributed by atoms with E-state index in [0.29, 0.717) is 18.8 Å². The van der Waals surface area contributed by atoms with Gasteiger partial charge >= 0.3 is 12.1 Å². The van der Waals surface area contributed by atoms with Crippen LogP contribution in [0.1, 0.15) is 38.9 Å². The van der Waals surface area contributed by atoms with E-state index in [4.69, 9.17) is 9.47 Å². The number of aromatic amines is 1. The number of esters is 1. The first-order chi connectivity index (χ1) is 17.7. The highest BCUT2D eigenvalue weighted by atomic mass is 32.2. The minimum Gasteiger partial charge on any atom is -0.457 e. The quantitative estimate of drug-likeness (QED) is 0.264. The molecule has 1 aromatic heterocycles. The Morgan fingerprint density at radius 1 is 1.30 bits per heavy atom. The molecule has 4 heterocycles. The highest BCUT2D eigenvalue weighted by Gasteiger charge is 2.60. The van der Waals surface area contributed by atoms with Gasteiger partial charge in [0.1, 0.15) is 31.1 Å². The van der Waals surface area contributed by atoms with E-state index in [1.807, 2.05) is 13.8 Å². The minimum atomic E-state index is -0.834. The molecule has 0 aliphatic carbocycles. The van der Waals surface area contributed by atoms with E-state index >= 15 is 0 Å². The van der Waals surface area contributed by atoms with Gasteiger partial charge in [-0.3, -0.25) is 9.89 Å². The van der Waals surface area contributed by atoms with Gasteiger partial charge in [0.25, 0.3) is 0 Å². The summed E-state index contributed by atoms with van der Waals surface area (Å²) in [6.07, 6.45) is 3.74. The van der Waals surface area contributed by atoms with Crippen molar-refractivity contribution in [1.82, 2.24) is 25.0 Å². The van der Waals surface area contributed by atoms with Crippen molar-refractivity contribution in [3.8, 4) is 0 Å². The Morgan fingerprint density at radius 2 is 2.00 bits per heavy atom. The molecule has 2 saturated heterocycles. The summed E-state index contributed by atoms with van der Waals surface area (Å²) in [7, 11) is 0. The summed E-state index contributed by atoms with van der Waals surface area (Å²) in [5.41, 5.74) is 0.221. The first-order valence-electron chi connectivity index (χ1n) is 12.3. The van der Waals surface area contributed by atoms with E-state index in [-0.39, 0.29) is 54.0 Å². The zero-order valence-electron chi connectivity index (χ0n) is 21.2. The average Bonchev–Trinajstić information content (AvgIpc) is 3.59. The molecule has 3 aliphatic heterocycles.